The minimum absolute atomic E-state index is 0.448. The lowest BCUT2D eigenvalue weighted by Crippen LogP contribution is -2.48. The fourth-order valence-electron chi connectivity index (χ4n) is 2.30. The average Bonchev–Trinajstić information content (AvgIpc) is 2.78. The Balaban J connectivity index is 2.13. The summed E-state index contributed by atoms with van der Waals surface area (Å²) in [6.07, 6.45) is 5.35. The van der Waals surface area contributed by atoms with Crippen molar-refractivity contribution >= 4 is 11.6 Å². The van der Waals surface area contributed by atoms with E-state index in [4.69, 9.17) is 0 Å². The third-order valence-corrected chi connectivity index (χ3v) is 3.53. The number of aryl methyl sites for hydroxylation is 1. The van der Waals surface area contributed by atoms with Crippen LogP contribution in [0.25, 0.3) is 5.65 Å². The van der Waals surface area contributed by atoms with Gasteiger partial charge in [0.25, 0.3) is 0 Å². The Kier molecular flexibility index (Phi) is 4.09. The van der Waals surface area contributed by atoms with Crippen molar-refractivity contribution < 1.29 is 9.90 Å². The van der Waals surface area contributed by atoms with Gasteiger partial charge in [0.1, 0.15) is 11.2 Å². The number of carboxylic acid groups (broad SMARTS) is 1. The fraction of sp³-hybridized carbons (Fsp3) is 0.467. The van der Waals surface area contributed by atoms with Crippen molar-refractivity contribution in [3.8, 4) is 0 Å². The summed E-state index contributed by atoms with van der Waals surface area (Å²) in [6, 6.07) is 3.97. The summed E-state index contributed by atoms with van der Waals surface area (Å²) in [5.74, 6) is -0.820. The number of nitrogens with one attached hydrogen (secondary N) is 1. The first kappa shape index (κ1) is 14.5. The molecule has 0 radical (unpaired) electrons. The standard InChI is InChI=1S/C15H21N3O2/c1-4-7-15(3,14(19)20)16-8-12-10-18-9-11(2)5-6-13(18)17-12/h5-6,9-10,16H,4,7-8H2,1-3H3,(H,19,20). The molecule has 2 aromatic rings. The second-order valence-electron chi connectivity index (χ2n) is 5.44. The van der Waals surface area contributed by atoms with Crippen LogP contribution in [0.15, 0.2) is 24.5 Å². The van der Waals surface area contributed by atoms with E-state index in [9.17, 15) is 9.90 Å². The van der Waals surface area contributed by atoms with Crippen LogP contribution < -0.4 is 5.32 Å². The molecular weight excluding hydrogens is 254 g/mol. The number of aliphatic carboxylic acids is 1. The van der Waals surface area contributed by atoms with E-state index in [-0.39, 0.29) is 0 Å². The number of carbonyl (C=O) groups is 1. The van der Waals surface area contributed by atoms with Gasteiger partial charge in [0.15, 0.2) is 0 Å². The first-order valence-electron chi connectivity index (χ1n) is 6.87. The minimum Gasteiger partial charge on any atom is -0.480 e. The highest BCUT2D eigenvalue weighted by Crippen LogP contribution is 2.14. The Bertz CT molecular complexity index is 621. The van der Waals surface area contributed by atoms with Gasteiger partial charge in [-0.1, -0.05) is 19.4 Å². The lowest BCUT2D eigenvalue weighted by atomic mass is 9.96. The fourth-order valence-corrected chi connectivity index (χ4v) is 2.30. The summed E-state index contributed by atoms with van der Waals surface area (Å²) in [6.45, 7) is 6.18. The van der Waals surface area contributed by atoms with Crippen LogP contribution in [0, 0.1) is 6.92 Å². The molecule has 2 rings (SSSR count). The summed E-state index contributed by atoms with van der Waals surface area (Å²) in [5.41, 5.74) is 1.98. The Labute approximate surface area is 118 Å². The van der Waals surface area contributed by atoms with E-state index < -0.39 is 11.5 Å². The van der Waals surface area contributed by atoms with Crippen LogP contribution in [0.2, 0.25) is 0 Å². The number of fused-ring (bicyclic) bond motifs is 1. The van der Waals surface area contributed by atoms with Gasteiger partial charge < -0.3 is 9.51 Å². The molecule has 0 aliphatic heterocycles. The van der Waals surface area contributed by atoms with Gasteiger partial charge in [-0.3, -0.25) is 10.1 Å². The van der Waals surface area contributed by atoms with Crippen LogP contribution >= 0.6 is 0 Å². The second-order valence-corrected chi connectivity index (χ2v) is 5.44. The monoisotopic (exact) mass is 275 g/mol. The van der Waals surface area contributed by atoms with Gasteiger partial charge >= 0.3 is 5.97 Å². The first-order valence-corrected chi connectivity index (χ1v) is 6.87. The van der Waals surface area contributed by atoms with Crippen LogP contribution in [-0.2, 0) is 11.3 Å². The maximum atomic E-state index is 11.4. The Hall–Kier alpha value is -1.88. The SMILES string of the molecule is CCCC(C)(NCc1cn2cc(C)ccc2n1)C(=O)O. The molecule has 0 amide bonds. The molecule has 5 nitrogen and oxygen atoms in total. The van der Waals surface area contributed by atoms with E-state index in [2.05, 4.69) is 10.3 Å². The van der Waals surface area contributed by atoms with Crippen LogP contribution in [0.5, 0.6) is 0 Å². The van der Waals surface area contributed by atoms with Crippen molar-refractivity contribution in [1.82, 2.24) is 14.7 Å². The van der Waals surface area contributed by atoms with Crippen LogP contribution in [-0.4, -0.2) is 26.0 Å². The zero-order chi connectivity index (χ0) is 14.8. The van der Waals surface area contributed by atoms with E-state index in [0.29, 0.717) is 13.0 Å². The van der Waals surface area contributed by atoms with E-state index in [1.54, 1.807) is 6.92 Å². The second kappa shape index (κ2) is 5.63. The van der Waals surface area contributed by atoms with Gasteiger partial charge in [-0.2, -0.15) is 0 Å². The smallest absolute Gasteiger partial charge is 0.323 e. The van der Waals surface area contributed by atoms with Crippen molar-refractivity contribution in [3.05, 3.63) is 35.8 Å². The highest BCUT2D eigenvalue weighted by Gasteiger charge is 2.31. The molecule has 20 heavy (non-hydrogen) atoms. The molecule has 0 aliphatic rings. The summed E-state index contributed by atoms with van der Waals surface area (Å²) >= 11 is 0. The van der Waals surface area contributed by atoms with Crippen LogP contribution in [0.3, 0.4) is 0 Å². The van der Waals surface area contributed by atoms with Crippen molar-refractivity contribution in [3.63, 3.8) is 0 Å². The molecule has 1 atom stereocenters. The third kappa shape index (κ3) is 2.99. The highest BCUT2D eigenvalue weighted by atomic mass is 16.4. The van der Waals surface area contributed by atoms with Crippen LogP contribution in [0.4, 0.5) is 0 Å². The van der Waals surface area contributed by atoms with Crippen LogP contribution in [0.1, 0.15) is 37.9 Å². The summed E-state index contributed by atoms with van der Waals surface area (Å²) in [4.78, 5) is 15.8. The zero-order valence-electron chi connectivity index (χ0n) is 12.2. The predicted octanol–water partition coefficient (Wildman–Crippen LogP) is 2.38. The van der Waals surface area contributed by atoms with Gasteiger partial charge in [-0.15, -0.1) is 0 Å². The van der Waals surface area contributed by atoms with E-state index in [1.165, 1.54) is 0 Å². The number of imidazole rings is 1. The molecule has 5 heteroatoms. The largest absolute Gasteiger partial charge is 0.480 e. The summed E-state index contributed by atoms with van der Waals surface area (Å²) in [7, 11) is 0. The van der Waals surface area contributed by atoms with Gasteiger partial charge in [0.2, 0.25) is 0 Å². The zero-order valence-corrected chi connectivity index (χ0v) is 12.2. The highest BCUT2D eigenvalue weighted by molar-refractivity contribution is 5.78. The summed E-state index contributed by atoms with van der Waals surface area (Å²) in [5, 5.41) is 12.4. The number of carboxylic acids is 1. The molecule has 2 heterocycles. The maximum absolute atomic E-state index is 11.4. The van der Waals surface area contributed by atoms with E-state index >= 15 is 0 Å². The predicted molar refractivity (Wildman–Crippen MR) is 77.7 cm³/mol. The van der Waals surface area contributed by atoms with Gasteiger partial charge in [-0.25, -0.2) is 4.98 Å². The number of aromatic nitrogens is 2. The molecular formula is C15H21N3O2. The molecule has 0 spiro atoms. The molecule has 0 bridgehead atoms. The lowest BCUT2D eigenvalue weighted by Gasteiger charge is -2.25. The maximum Gasteiger partial charge on any atom is 0.323 e. The minimum atomic E-state index is -0.902. The molecule has 0 saturated heterocycles. The summed E-state index contributed by atoms with van der Waals surface area (Å²) < 4.78 is 1.96. The van der Waals surface area contributed by atoms with Crippen molar-refractivity contribution in [1.29, 1.82) is 0 Å². The molecule has 0 fully saturated rings. The lowest BCUT2D eigenvalue weighted by molar-refractivity contribution is -0.144. The molecule has 108 valence electrons. The van der Waals surface area contributed by atoms with Crippen molar-refractivity contribution in [2.24, 2.45) is 0 Å². The molecule has 2 N–H and O–H groups in total. The van der Waals surface area contributed by atoms with Crippen molar-refractivity contribution in [2.45, 2.75) is 45.7 Å². The van der Waals surface area contributed by atoms with Gasteiger partial charge in [-0.05, 0) is 31.9 Å². The first-order chi connectivity index (χ1) is 9.44. The van der Waals surface area contributed by atoms with E-state index in [0.717, 1.165) is 23.3 Å². The number of pyridine rings is 1. The third-order valence-electron chi connectivity index (χ3n) is 3.53. The Morgan fingerprint density at radius 1 is 1.45 bits per heavy atom. The Morgan fingerprint density at radius 2 is 2.20 bits per heavy atom. The number of hydrogen-bond donors (Lipinski definition) is 2. The normalized spacial score (nSPS) is 14.3. The molecule has 2 aromatic heterocycles. The van der Waals surface area contributed by atoms with Gasteiger partial charge in [0.05, 0.1) is 5.69 Å². The molecule has 0 saturated carbocycles. The topological polar surface area (TPSA) is 66.6 Å². The molecule has 1 unspecified atom stereocenters. The van der Waals surface area contributed by atoms with Gasteiger partial charge in [0, 0.05) is 18.9 Å². The molecule has 0 aliphatic carbocycles. The van der Waals surface area contributed by atoms with E-state index in [1.807, 2.05) is 42.8 Å². The van der Waals surface area contributed by atoms with Crippen molar-refractivity contribution in [2.75, 3.05) is 0 Å². The Morgan fingerprint density at radius 3 is 2.85 bits per heavy atom. The average molecular weight is 275 g/mol. The quantitative estimate of drug-likeness (QED) is 0.849. The number of rotatable bonds is 6. The number of hydrogen-bond acceptors (Lipinski definition) is 3. The number of nitrogens with zero attached hydrogens (tertiary/aromatic N) is 2. The molecule has 0 aromatic carbocycles.